The highest BCUT2D eigenvalue weighted by Crippen LogP contribution is 2.34. The molecule has 2 aliphatic rings. The SMILES string of the molecule is Cc1cn2nc(C3CCCCN3C(=O)c3cc(Cl)ccc3NS(C)(=O)=O)cc2nc1N1CCCC(N)C1. The third kappa shape index (κ3) is 5.53. The molecule has 2 fully saturated rings. The number of hydrogen-bond donors (Lipinski definition) is 2. The molecule has 37 heavy (non-hydrogen) atoms. The molecule has 2 aliphatic heterocycles. The average molecular weight is 546 g/mol. The molecule has 0 spiro atoms. The molecule has 198 valence electrons. The second-order valence-corrected chi connectivity index (χ2v) is 12.2. The lowest BCUT2D eigenvalue weighted by molar-refractivity contribution is 0.0607. The van der Waals surface area contributed by atoms with Crippen LogP contribution in [0, 0.1) is 6.92 Å². The Balaban J connectivity index is 1.48. The van der Waals surface area contributed by atoms with Gasteiger partial charge in [-0.15, -0.1) is 0 Å². The molecular formula is C25H32ClN7O3S. The molecule has 5 rings (SSSR count). The van der Waals surface area contributed by atoms with Crippen LogP contribution in [0.5, 0.6) is 0 Å². The number of amides is 1. The number of nitrogens with one attached hydrogen (secondary N) is 1. The van der Waals surface area contributed by atoms with Crippen molar-refractivity contribution in [1.29, 1.82) is 0 Å². The lowest BCUT2D eigenvalue weighted by Crippen LogP contribution is -2.43. The minimum Gasteiger partial charge on any atom is -0.355 e. The summed E-state index contributed by atoms with van der Waals surface area (Å²) in [6.07, 6.45) is 7.64. The summed E-state index contributed by atoms with van der Waals surface area (Å²) < 4.78 is 28.0. The summed E-state index contributed by atoms with van der Waals surface area (Å²) >= 11 is 6.20. The zero-order valence-electron chi connectivity index (χ0n) is 21.0. The second kappa shape index (κ2) is 10.1. The van der Waals surface area contributed by atoms with Gasteiger partial charge in [-0.1, -0.05) is 11.6 Å². The van der Waals surface area contributed by atoms with Crippen molar-refractivity contribution < 1.29 is 13.2 Å². The number of sulfonamides is 1. The van der Waals surface area contributed by atoms with Gasteiger partial charge in [0.1, 0.15) is 5.82 Å². The molecule has 2 saturated heterocycles. The molecule has 2 atom stereocenters. The van der Waals surface area contributed by atoms with Crippen LogP contribution in [0.2, 0.25) is 5.02 Å². The van der Waals surface area contributed by atoms with Gasteiger partial charge in [0.25, 0.3) is 5.91 Å². The van der Waals surface area contributed by atoms with Crippen molar-refractivity contribution in [3.8, 4) is 0 Å². The number of likely N-dealkylation sites (tertiary alicyclic amines) is 1. The Morgan fingerprint density at radius 3 is 2.73 bits per heavy atom. The van der Waals surface area contributed by atoms with E-state index in [9.17, 15) is 13.2 Å². The third-order valence-corrected chi connectivity index (χ3v) is 7.82. The lowest BCUT2D eigenvalue weighted by atomic mass is 9.98. The van der Waals surface area contributed by atoms with Crippen LogP contribution in [0.25, 0.3) is 5.65 Å². The quantitative estimate of drug-likeness (QED) is 0.503. The molecule has 0 bridgehead atoms. The van der Waals surface area contributed by atoms with E-state index in [1.54, 1.807) is 15.5 Å². The number of benzene rings is 1. The van der Waals surface area contributed by atoms with Crippen molar-refractivity contribution in [2.24, 2.45) is 5.73 Å². The van der Waals surface area contributed by atoms with E-state index < -0.39 is 10.0 Å². The van der Waals surface area contributed by atoms with Crippen molar-refractivity contribution >= 4 is 44.7 Å². The normalized spacial score (nSPS) is 20.9. The summed E-state index contributed by atoms with van der Waals surface area (Å²) in [7, 11) is -3.58. The Bertz CT molecular complexity index is 1440. The standard InChI is InChI=1S/C25H32ClN7O3S/c1-16-14-33-23(28-24(16)31-10-5-6-18(27)15-31)13-21(29-33)22-7-3-4-11-32(22)25(34)19-12-17(26)8-9-20(19)30-37(2,35)36/h8-9,12-14,18,22,30H,3-7,10-11,15,27H2,1-2H3. The van der Waals surface area contributed by atoms with Crippen LogP contribution in [0.15, 0.2) is 30.5 Å². The summed E-state index contributed by atoms with van der Waals surface area (Å²) in [4.78, 5) is 22.7. The Kier molecular flexibility index (Phi) is 7.03. The van der Waals surface area contributed by atoms with Gasteiger partial charge in [0.2, 0.25) is 10.0 Å². The summed E-state index contributed by atoms with van der Waals surface area (Å²) in [5.41, 5.74) is 9.11. The van der Waals surface area contributed by atoms with E-state index >= 15 is 0 Å². The highest BCUT2D eigenvalue weighted by molar-refractivity contribution is 7.92. The first-order valence-corrected chi connectivity index (χ1v) is 14.8. The average Bonchev–Trinajstić information content (AvgIpc) is 3.26. The molecule has 0 aliphatic carbocycles. The molecule has 0 radical (unpaired) electrons. The third-order valence-electron chi connectivity index (χ3n) is 6.99. The zero-order chi connectivity index (χ0) is 26.3. The van der Waals surface area contributed by atoms with Crippen LogP contribution in [-0.2, 0) is 10.0 Å². The number of fused-ring (bicyclic) bond motifs is 1. The largest absolute Gasteiger partial charge is 0.355 e. The number of anilines is 2. The molecule has 1 aromatic carbocycles. The van der Waals surface area contributed by atoms with Gasteiger partial charge in [-0.2, -0.15) is 5.10 Å². The van der Waals surface area contributed by atoms with E-state index in [1.165, 1.54) is 12.1 Å². The molecule has 2 aromatic heterocycles. The maximum Gasteiger partial charge on any atom is 0.256 e. The summed E-state index contributed by atoms with van der Waals surface area (Å²) in [6.45, 7) is 4.26. The molecule has 0 saturated carbocycles. The van der Waals surface area contributed by atoms with Crippen LogP contribution in [-0.4, -0.2) is 65.8 Å². The first-order chi connectivity index (χ1) is 17.6. The summed E-state index contributed by atoms with van der Waals surface area (Å²) in [5, 5.41) is 5.16. The molecule has 10 nitrogen and oxygen atoms in total. The van der Waals surface area contributed by atoms with Crippen molar-refractivity contribution in [3.63, 3.8) is 0 Å². The minimum atomic E-state index is -3.58. The van der Waals surface area contributed by atoms with E-state index in [0.29, 0.717) is 11.6 Å². The first kappa shape index (κ1) is 25.7. The van der Waals surface area contributed by atoms with Crippen molar-refractivity contribution in [2.75, 3.05) is 35.5 Å². The molecule has 12 heteroatoms. The molecule has 3 aromatic rings. The number of piperidine rings is 2. The van der Waals surface area contributed by atoms with Gasteiger partial charge in [-0.25, -0.2) is 17.9 Å². The summed E-state index contributed by atoms with van der Waals surface area (Å²) in [6, 6.07) is 6.40. The second-order valence-electron chi connectivity index (χ2n) is 10.0. The zero-order valence-corrected chi connectivity index (χ0v) is 22.6. The number of nitrogens with two attached hydrogens (primary N) is 1. The number of aryl methyl sites for hydroxylation is 1. The predicted octanol–water partition coefficient (Wildman–Crippen LogP) is 3.36. The topological polar surface area (TPSA) is 126 Å². The Hall–Kier alpha value is -2.89. The fraction of sp³-hybridized carbons (Fsp3) is 0.480. The van der Waals surface area contributed by atoms with Gasteiger partial charge in [0.15, 0.2) is 5.65 Å². The molecule has 1 amide bonds. The van der Waals surface area contributed by atoms with Crippen molar-refractivity contribution in [1.82, 2.24) is 19.5 Å². The molecule has 2 unspecified atom stereocenters. The van der Waals surface area contributed by atoms with Crippen LogP contribution in [0.4, 0.5) is 11.5 Å². The van der Waals surface area contributed by atoms with E-state index in [2.05, 4.69) is 9.62 Å². The van der Waals surface area contributed by atoms with Crippen LogP contribution >= 0.6 is 11.6 Å². The minimum absolute atomic E-state index is 0.141. The number of aromatic nitrogens is 3. The number of carbonyl (C=O) groups is 1. The first-order valence-electron chi connectivity index (χ1n) is 12.5. The molecule has 3 N–H and O–H groups in total. The predicted molar refractivity (Wildman–Crippen MR) is 145 cm³/mol. The summed E-state index contributed by atoms with van der Waals surface area (Å²) in [5.74, 6) is 0.628. The Morgan fingerprint density at radius 2 is 1.97 bits per heavy atom. The van der Waals surface area contributed by atoms with Crippen molar-refractivity contribution in [3.05, 3.63) is 52.3 Å². The van der Waals surface area contributed by atoms with Crippen LogP contribution in [0.3, 0.4) is 0 Å². The van der Waals surface area contributed by atoms with Crippen LogP contribution in [0.1, 0.15) is 59.8 Å². The number of rotatable bonds is 5. The van der Waals surface area contributed by atoms with Gasteiger partial charge < -0.3 is 15.5 Å². The van der Waals surface area contributed by atoms with Crippen LogP contribution < -0.4 is 15.4 Å². The Labute approximate surface area is 221 Å². The highest BCUT2D eigenvalue weighted by Gasteiger charge is 2.32. The number of hydrogen-bond acceptors (Lipinski definition) is 7. The van der Waals surface area contributed by atoms with E-state index in [0.717, 1.165) is 74.2 Å². The maximum absolute atomic E-state index is 13.8. The molecule has 4 heterocycles. The van der Waals surface area contributed by atoms with Gasteiger partial charge in [-0.3, -0.25) is 9.52 Å². The van der Waals surface area contributed by atoms with E-state index in [1.807, 2.05) is 19.2 Å². The fourth-order valence-corrected chi connectivity index (χ4v) is 6.07. The van der Waals surface area contributed by atoms with E-state index in [4.69, 9.17) is 27.4 Å². The van der Waals surface area contributed by atoms with Gasteiger partial charge in [-0.05, 0) is 57.2 Å². The number of halogens is 1. The highest BCUT2D eigenvalue weighted by atomic mass is 35.5. The van der Waals surface area contributed by atoms with Gasteiger partial charge >= 0.3 is 0 Å². The van der Waals surface area contributed by atoms with Gasteiger partial charge in [0, 0.05) is 48.5 Å². The number of carbonyl (C=O) groups excluding carboxylic acids is 1. The van der Waals surface area contributed by atoms with E-state index in [-0.39, 0.29) is 29.2 Å². The monoisotopic (exact) mass is 545 g/mol. The Morgan fingerprint density at radius 1 is 1.16 bits per heavy atom. The smallest absolute Gasteiger partial charge is 0.256 e. The van der Waals surface area contributed by atoms with Gasteiger partial charge in [0.05, 0.1) is 29.2 Å². The number of nitrogens with zero attached hydrogens (tertiary/aromatic N) is 5. The van der Waals surface area contributed by atoms with Crippen molar-refractivity contribution in [2.45, 2.75) is 51.1 Å². The lowest BCUT2D eigenvalue weighted by Gasteiger charge is -2.35. The fourth-order valence-electron chi connectivity index (χ4n) is 5.32. The maximum atomic E-state index is 13.8. The molecular weight excluding hydrogens is 514 g/mol.